The number of carbonyl (C=O) groups is 2. The first-order valence-corrected chi connectivity index (χ1v) is 9.33. The van der Waals surface area contributed by atoms with Crippen LogP contribution in [0.1, 0.15) is 34.1 Å². The second-order valence-electron chi connectivity index (χ2n) is 8.53. The maximum atomic E-state index is 12.7. The first kappa shape index (κ1) is 16.9. The zero-order valence-electron chi connectivity index (χ0n) is 15.2. The van der Waals surface area contributed by atoms with E-state index >= 15 is 0 Å². The molecular formula is C18H24O8. The molecule has 5 aliphatic heterocycles. The molecule has 0 amide bonds. The topological polar surface area (TPSA) is 89.5 Å². The first-order chi connectivity index (χ1) is 12.2. The van der Waals surface area contributed by atoms with Gasteiger partial charge in [-0.05, 0) is 32.1 Å². The minimum absolute atomic E-state index is 0.0851. The van der Waals surface area contributed by atoms with Crippen molar-refractivity contribution in [3.8, 4) is 0 Å². The SMILES string of the molecule is CC1C2CC(C(=O)OC3C(=O)OC4C5OC(C)(C)OC5OC34)C(O2)C1C. The van der Waals surface area contributed by atoms with Gasteiger partial charge in [0.25, 0.3) is 0 Å². The molecule has 5 aliphatic rings. The molecule has 0 radical (unpaired) electrons. The van der Waals surface area contributed by atoms with Crippen LogP contribution in [-0.4, -0.2) is 60.6 Å². The lowest BCUT2D eigenvalue weighted by atomic mass is 9.76. The van der Waals surface area contributed by atoms with E-state index in [1.54, 1.807) is 13.8 Å². The average Bonchev–Trinajstić information content (AvgIpc) is 3.31. The summed E-state index contributed by atoms with van der Waals surface area (Å²) in [5.74, 6) is -1.42. The highest BCUT2D eigenvalue weighted by molar-refractivity contribution is 5.83. The predicted molar refractivity (Wildman–Crippen MR) is 83.6 cm³/mol. The van der Waals surface area contributed by atoms with Crippen molar-refractivity contribution >= 4 is 11.9 Å². The van der Waals surface area contributed by atoms with Crippen LogP contribution in [0.25, 0.3) is 0 Å². The van der Waals surface area contributed by atoms with Crippen molar-refractivity contribution < 1.29 is 38.0 Å². The van der Waals surface area contributed by atoms with E-state index in [0.717, 1.165) is 0 Å². The van der Waals surface area contributed by atoms with E-state index in [9.17, 15) is 9.59 Å². The van der Waals surface area contributed by atoms with Crippen LogP contribution in [0, 0.1) is 17.8 Å². The molecule has 8 nitrogen and oxygen atoms in total. The largest absolute Gasteiger partial charge is 0.454 e. The van der Waals surface area contributed by atoms with Crippen LogP contribution in [0.4, 0.5) is 0 Å². The second-order valence-corrected chi connectivity index (χ2v) is 8.53. The summed E-state index contributed by atoms with van der Waals surface area (Å²) in [6.07, 6.45) is -2.96. The summed E-state index contributed by atoms with van der Waals surface area (Å²) in [4.78, 5) is 25.0. The van der Waals surface area contributed by atoms with Crippen LogP contribution in [-0.2, 0) is 38.0 Å². The van der Waals surface area contributed by atoms with Crippen LogP contribution < -0.4 is 0 Å². The Hall–Kier alpha value is -1.22. The van der Waals surface area contributed by atoms with Crippen LogP contribution in [0.2, 0.25) is 0 Å². The maximum absolute atomic E-state index is 12.7. The molecule has 5 heterocycles. The molecule has 0 spiro atoms. The highest BCUT2D eigenvalue weighted by Crippen LogP contribution is 2.47. The van der Waals surface area contributed by atoms with E-state index < -0.39 is 48.4 Å². The summed E-state index contributed by atoms with van der Waals surface area (Å²) in [7, 11) is 0. The molecule has 5 rings (SSSR count). The van der Waals surface area contributed by atoms with Gasteiger partial charge in [0, 0.05) is 0 Å². The lowest BCUT2D eigenvalue weighted by molar-refractivity contribution is -0.217. The number of ether oxygens (including phenoxy) is 6. The number of carbonyl (C=O) groups excluding carboxylic acids is 2. The van der Waals surface area contributed by atoms with E-state index in [1.807, 2.05) is 0 Å². The molecule has 2 bridgehead atoms. The van der Waals surface area contributed by atoms with E-state index in [0.29, 0.717) is 18.3 Å². The third kappa shape index (κ3) is 2.28. The molecule has 0 aliphatic carbocycles. The first-order valence-electron chi connectivity index (χ1n) is 9.33. The van der Waals surface area contributed by atoms with Gasteiger partial charge in [0.2, 0.25) is 6.10 Å². The van der Waals surface area contributed by atoms with Gasteiger partial charge in [-0.2, -0.15) is 0 Å². The lowest BCUT2D eigenvalue weighted by Crippen LogP contribution is -2.41. The van der Waals surface area contributed by atoms with Gasteiger partial charge in [-0.3, -0.25) is 4.79 Å². The number of hydrogen-bond donors (Lipinski definition) is 0. The van der Waals surface area contributed by atoms with E-state index in [2.05, 4.69) is 13.8 Å². The molecule has 10 unspecified atom stereocenters. The van der Waals surface area contributed by atoms with Crippen molar-refractivity contribution in [1.29, 1.82) is 0 Å². The van der Waals surface area contributed by atoms with Gasteiger partial charge in [-0.25, -0.2) is 4.79 Å². The summed E-state index contributed by atoms with van der Waals surface area (Å²) < 4.78 is 34.1. The lowest BCUT2D eigenvalue weighted by Gasteiger charge is -2.28. The van der Waals surface area contributed by atoms with Gasteiger partial charge in [0.1, 0.15) is 6.10 Å². The summed E-state index contributed by atoms with van der Waals surface area (Å²) in [5.41, 5.74) is 0. The summed E-state index contributed by atoms with van der Waals surface area (Å²) in [5, 5.41) is 0. The Kier molecular flexibility index (Phi) is 3.52. The van der Waals surface area contributed by atoms with Crippen LogP contribution >= 0.6 is 0 Å². The molecule has 144 valence electrons. The van der Waals surface area contributed by atoms with Gasteiger partial charge < -0.3 is 28.4 Å². The normalized spacial score (nSPS) is 53.5. The zero-order chi connectivity index (χ0) is 18.4. The number of esters is 2. The van der Waals surface area contributed by atoms with Crippen molar-refractivity contribution in [2.45, 2.75) is 82.8 Å². The molecule has 0 N–H and O–H groups in total. The quantitative estimate of drug-likeness (QED) is 0.660. The van der Waals surface area contributed by atoms with Crippen LogP contribution in [0.15, 0.2) is 0 Å². The molecule has 5 fully saturated rings. The van der Waals surface area contributed by atoms with E-state index in [1.165, 1.54) is 0 Å². The molecule has 0 aromatic carbocycles. The minimum atomic E-state index is -1.08. The van der Waals surface area contributed by atoms with Crippen molar-refractivity contribution in [3.05, 3.63) is 0 Å². The second kappa shape index (κ2) is 5.41. The van der Waals surface area contributed by atoms with Gasteiger partial charge in [0.15, 0.2) is 24.3 Å². The maximum Gasteiger partial charge on any atom is 0.350 e. The Labute approximate surface area is 151 Å². The summed E-state index contributed by atoms with van der Waals surface area (Å²) >= 11 is 0. The van der Waals surface area contributed by atoms with E-state index in [-0.39, 0.29) is 18.1 Å². The van der Waals surface area contributed by atoms with Gasteiger partial charge >= 0.3 is 11.9 Å². The fraction of sp³-hybridized carbons (Fsp3) is 0.889. The Bertz CT molecular complexity index is 645. The van der Waals surface area contributed by atoms with Gasteiger partial charge in [0.05, 0.1) is 18.1 Å². The summed E-state index contributed by atoms with van der Waals surface area (Å²) in [6, 6.07) is 0. The number of hydrogen-bond acceptors (Lipinski definition) is 8. The Balaban J connectivity index is 1.27. The fourth-order valence-electron chi connectivity index (χ4n) is 4.98. The van der Waals surface area contributed by atoms with Crippen molar-refractivity contribution in [3.63, 3.8) is 0 Å². The monoisotopic (exact) mass is 368 g/mol. The molecule has 5 saturated heterocycles. The molecule has 0 aromatic rings. The van der Waals surface area contributed by atoms with Crippen LogP contribution in [0.3, 0.4) is 0 Å². The number of fused-ring (bicyclic) bond motifs is 5. The fourth-order valence-corrected chi connectivity index (χ4v) is 4.98. The highest BCUT2D eigenvalue weighted by atomic mass is 16.9. The molecule has 0 aromatic heterocycles. The number of rotatable bonds is 2. The minimum Gasteiger partial charge on any atom is -0.454 e. The molecular weight excluding hydrogens is 344 g/mol. The van der Waals surface area contributed by atoms with Crippen LogP contribution in [0.5, 0.6) is 0 Å². The van der Waals surface area contributed by atoms with Gasteiger partial charge in [-0.15, -0.1) is 0 Å². The third-order valence-electron chi connectivity index (χ3n) is 6.50. The Morgan fingerprint density at radius 3 is 2.50 bits per heavy atom. The van der Waals surface area contributed by atoms with E-state index in [4.69, 9.17) is 28.4 Å². The molecule has 0 saturated carbocycles. The van der Waals surface area contributed by atoms with Crippen molar-refractivity contribution in [2.75, 3.05) is 0 Å². The molecule has 10 atom stereocenters. The Morgan fingerprint density at radius 1 is 1.04 bits per heavy atom. The predicted octanol–water partition coefficient (Wildman–Crippen LogP) is 0.759. The molecule has 26 heavy (non-hydrogen) atoms. The smallest absolute Gasteiger partial charge is 0.350 e. The molecule has 8 heteroatoms. The van der Waals surface area contributed by atoms with Crippen molar-refractivity contribution in [1.82, 2.24) is 0 Å². The Morgan fingerprint density at radius 2 is 1.81 bits per heavy atom. The standard InChI is InChI=1S/C18H24O8/c1-6-7(2)10-8(5-9(6)21-10)15(19)23-13-11-12(22-16(13)20)14-17(24-11)26-18(3,4)25-14/h6-14,17H,5H2,1-4H3. The zero-order valence-corrected chi connectivity index (χ0v) is 15.2. The van der Waals surface area contributed by atoms with Gasteiger partial charge in [-0.1, -0.05) is 13.8 Å². The third-order valence-corrected chi connectivity index (χ3v) is 6.50. The average molecular weight is 368 g/mol. The van der Waals surface area contributed by atoms with Crippen molar-refractivity contribution in [2.24, 2.45) is 17.8 Å². The highest BCUT2D eigenvalue weighted by Gasteiger charge is 2.65. The summed E-state index contributed by atoms with van der Waals surface area (Å²) in [6.45, 7) is 7.78.